The van der Waals surface area contributed by atoms with E-state index in [9.17, 15) is 0 Å². The Hall–Kier alpha value is 0.540. The number of rotatable bonds is 5. The van der Waals surface area contributed by atoms with E-state index in [1.807, 2.05) is 23.9 Å². The number of ether oxygens (including phenoxy) is 2. The predicted molar refractivity (Wildman–Crippen MR) is 69.7 cm³/mol. The van der Waals surface area contributed by atoms with Crippen LogP contribution in [-0.2, 0) is 9.47 Å². The lowest BCUT2D eigenvalue weighted by Gasteiger charge is -2.27. The quantitative estimate of drug-likeness (QED) is 0.541. The van der Waals surface area contributed by atoms with E-state index in [1.165, 1.54) is 11.5 Å². The Balaban J connectivity index is 1.47. The highest BCUT2D eigenvalue weighted by Crippen LogP contribution is 2.17. The van der Waals surface area contributed by atoms with Crippen LogP contribution in [0.15, 0.2) is 0 Å². The lowest BCUT2D eigenvalue weighted by atomic mass is 10.5. The van der Waals surface area contributed by atoms with Gasteiger partial charge in [0, 0.05) is 37.7 Å². The zero-order chi connectivity index (χ0) is 11.1. The Morgan fingerprint density at radius 2 is 1.06 bits per heavy atom. The average molecular weight is 264 g/mol. The Morgan fingerprint density at radius 1 is 0.688 bits per heavy atom. The van der Waals surface area contributed by atoms with Gasteiger partial charge in [-0.25, -0.2) is 8.61 Å². The molecule has 0 amide bonds. The van der Waals surface area contributed by atoms with Crippen LogP contribution in [0.3, 0.4) is 0 Å². The summed E-state index contributed by atoms with van der Waals surface area (Å²) in [5, 5.41) is 0. The van der Waals surface area contributed by atoms with Gasteiger partial charge in [0.15, 0.2) is 0 Å². The summed E-state index contributed by atoms with van der Waals surface area (Å²) in [5.41, 5.74) is 0. The highest BCUT2D eigenvalue weighted by Gasteiger charge is 2.12. The van der Waals surface area contributed by atoms with Crippen LogP contribution in [0.25, 0.3) is 0 Å². The topological polar surface area (TPSA) is 24.9 Å². The molecule has 2 fully saturated rings. The van der Waals surface area contributed by atoms with E-state index >= 15 is 0 Å². The molecule has 2 aliphatic heterocycles. The van der Waals surface area contributed by atoms with Gasteiger partial charge in [-0.15, -0.1) is 0 Å². The van der Waals surface area contributed by atoms with E-state index in [1.54, 1.807) is 0 Å². The molecule has 0 aromatic carbocycles. The molecule has 0 unspecified atom stereocenters. The van der Waals surface area contributed by atoms with Gasteiger partial charge in [-0.05, 0) is 0 Å². The van der Waals surface area contributed by atoms with Gasteiger partial charge in [-0.1, -0.05) is 23.9 Å². The van der Waals surface area contributed by atoms with E-state index in [-0.39, 0.29) is 0 Å². The standard InChI is InChI=1S/C10H20N2O2S2/c1-5-13-6-2-11(1)15-9-10-16-12-3-7-14-8-4-12/h1-10H2. The monoisotopic (exact) mass is 264 g/mol. The van der Waals surface area contributed by atoms with Crippen LogP contribution >= 0.6 is 23.9 Å². The van der Waals surface area contributed by atoms with Crippen molar-refractivity contribution in [2.45, 2.75) is 0 Å². The van der Waals surface area contributed by atoms with Crippen molar-refractivity contribution in [3.63, 3.8) is 0 Å². The van der Waals surface area contributed by atoms with Crippen molar-refractivity contribution in [2.24, 2.45) is 0 Å². The third-order valence-electron chi connectivity index (χ3n) is 2.57. The first-order valence-corrected chi connectivity index (χ1v) is 7.75. The second-order valence-corrected chi connectivity index (χ2v) is 6.11. The molecule has 0 atom stereocenters. The second-order valence-electron chi connectivity index (χ2n) is 3.75. The SMILES string of the molecule is C1CN(SCCSN2CCOCC2)CCO1. The second kappa shape index (κ2) is 7.79. The zero-order valence-corrected chi connectivity index (χ0v) is 11.2. The Morgan fingerprint density at radius 3 is 1.44 bits per heavy atom. The Kier molecular flexibility index (Phi) is 6.32. The van der Waals surface area contributed by atoms with Crippen LogP contribution in [0.1, 0.15) is 0 Å². The minimum absolute atomic E-state index is 0.892. The van der Waals surface area contributed by atoms with Crippen molar-refractivity contribution < 1.29 is 9.47 Å². The van der Waals surface area contributed by atoms with E-state index in [0.717, 1.165) is 52.6 Å². The average Bonchev–Trinajstić information content (AvgIpc) is 2.37. The molecule has 2 rings (SSSR count). The maximum atomic E-state index is 5.32. The minimum atomic E-state index is 0.892. The zero-order valence-electron chi connectivity index (χ0n) is 9.60. The summed E-state index contributed by atoms with van der Waals surface area (Å²) in [7, 11) is 0. The third-order valence-corrected chi connectivity index (χ3v) is 5.06. The van der Waals surface area contributed by atoms with Crippen molar-refractivity contribution in [1.29, 1.82) is 0 Å². The number of nitrogens with zero attached hydrogens (tertiary/aromatic N) is 2. The van der Waals surface area contributed by atoms with Crippen LogP contribution in [0.4, 0.5) is 0 Å². The molecule has 2 saturated heterocycles. The van der Waals surface area contributed by atoms with Gasteiger partial charge in [0.25, 0.3) is 0 Å². The fourth-order valence-corrected chi connectivity index (χ4v) is 3.61. The molecule has 4 nitrogen and oxygen atoms in total. The molecule has 0 bridgehead atoms. The highest BCUT2D eigenvalue weighted by atomic mass is 32.2. The van der Waals surface area contributed by atoms with Gasteiger partial charge in [0.1, 0.15) is 0 Å². The molecule has 2 heterocycles. The molecular weight excluding hydrogens is 244 g/mol. The molecule has 0 saturated carbocycles. The summed E-state index contributed by atoms with van der Waals surface area (Å²) in [6.45, 7) is 7.87. The molecule has 0 radical (unpaired) electrons. The van der Waals surface area contributed by atoms with Crippen molar-refractivity contribution >= 4 is 23.9 Å². The maximum Gasteiger partial charge on any atom is 0.0603 e. The lowest BCUT2D eigenvalue weighted by Crippen LogP contribution is -2.32. The van der Waals surface area contributed by atoms with Gasteiger partial charge in [0.05, 0.1) is 26.4 Å². The van der Waals surface area contributed by atoms with Gasteiger partial charge < -0.3 is 9.47 Å². The number of morpholine rings is 2. The molecule has 0 spiro atoms. The predicted octanol–water partition coefficient (Wildman–Crippen LogP) is 0.947. The lowest BCUT2D eigenvalue weighted by molar-refractivity contribution is 0.0770. The maximum absolute atomic E-state index is 5.32. The van der Waals surface area contributed by atoms with Gasteiger partial charge in [-0.3, -0.25) is 0 Å². The Bertz CT molecular complexity index is 166. The van der Waals surface area contributed by atoms with E-state index < -0.39 is 0 Å². The summed E-state index contributed by atoms with van der Waals surface area (Å²) >= 11 is 3.92. The first-order chi connectivity index (χ1) is 7.95. The van der Waals surface area contributed by atoms with Gasteiger partial charge in [0.2, 0.25) is 0 Å². The third kappa shape index (κ3) is 4.81. The normalized spacial score (nSPS) is 24.8. The fraction of sp³-hybridized carbons (Fsp3) is 1.00. The van der Waals surface area contributed by atoms with Gasteiger partial charge >= 0.3 is 0 Å². The van der Waals surface area contributed by atoms with E-state index in [2.05, 4.69) is 8.61 Å². The first kappa shape index (κ1) is 13.0. The minimum Gasteiger partial charge on any atom is -0.379 e. The van der Waals surface area contributed by atoms with E-state index in [0.29, 0.717) is 0 Å². The van der Waals surface area contributed by atoms with E-state index in [4.69, 9.17) is 9.47 Å². The number of hydrogen-bond donors (Lipinski definition) is 0. The summed E-state index contributed by atoms with van der Waals surface area (Å²) in [6, 6.07) is 0. The Labute approximate surface area is 106 Å². The molecular formula is C10H20N2O2S2. The summed E-state index contributed by atoms with van der Waals surface area (Å²) < 4.78 is 15.5. The van der Waals surface area contributed by atoms with Crippen molar-refractivity contribution in [3.8, 4) is 0 Å². The molecule has 0 aromatic rings. The van der Waals surface area contributed by atoms with Gasteiger partial charge in [-0.2, -0.15) is 0 Å². The van der Waals surface area contributed by atoms with Crippen molar-refractivity contribution in [2.75, 3.05) is 64.1 Å². The van der Waals surface area contributed by atoms with Crippen molar-refractivity contribution in [3.05, 3.63) is 0 Å². The molecule has 6 heteroatoms. The van der Waals surface area contributed by atoms with Crippen LogP contribution in [0.2, 0.25) is 0 Å². The number of hydrogen-bond acceptors (Lipinski definition) is 6. The largest absolute Gasteiger partial charge is 0.379 e. The first-order valence-electron chi connectivity index (χ1n) is 5.86. The summed E-state index contributed by atoms with van der Waals surface area (Å²) in [5.74, 6) is 2.39. The van der Waals surface area contributed by atoms with Crippen LogP contribution in [-0.4, -0.2) is 72.7 Å². The molecule has 94 valence electrons. The molecule has 0 aromatic heterocycles. The molecule has 0 N–H and O–H groups in total. The highest BCUT2D eigenvalue weighted by molar-refractivity contribution is 8.00. The molecule has 0 aliphatic carbocycles. The van der Waals surface area contributed by atoms with Crippen LogP contribution in [0, 0.1) is 0 Å². The summed E-state index contributed by atoms with van der Waals surface area (Å²) in [6.07, 6.45) is 0. The smallest absolute Gasteiger partial charge is 0.0603 e. The van der Waals surface area contributed by atoms with Crippen molar-refractivity contribution in [1.82, 2.24) is 8.61 Å². The fourth-order valence-electron chi connectivity index (χ4n) is 1.68. The summed E-state index contributed by atoms with van der Waals surface area (Å²) in [4.78, 5) is 0. The molecule has 16 heavy (non-hydrogen) atoms. The van der Waals surface area contributed by atoms with Crippen LogP contribution in [0.5, 0.6) is 0 Å². The van der Waals surface area contributed by atoms with Crippen LogP contribution < -0.4 is 0 Å². The molecule has 2 aliphatic rings.